The van der Waals surface area contributed by atoms with Gasteiger partial charge in [0.15, 0.2) is 0 Å². The van der Waals surface area contributed by atoms with Crippen LogP contribution >= 0.6 is 35.4 Å². The normalized spacial score (nSPS) is 10.0. The molecule has 2 aromatic rings. The zero-order valence-electron chi connectivity index (χ0n) is 8.65. The maximum Gasteiger partial charge on any atom is 0.131 e. The first-order valence-electron chi connectivity index (χ1n) is 4.84. The van der Waals surface area contributed by atoms with Gasteiger partial charge in [0.1, 0.15) is 10.1 Å². The lowest BCUT2D eigenvalue weighted by atomic mass is 10.2. The average Bonchev–Trinajstić information content (AvgIpc) is 2.35. The minimum atomic E-state index is 0.368. The summed E-state index contributed by atoms with van der Waals surface area (Å²) in [5.41, 5.74) is 1.58. The van der Waals surface area contributed by atoms with E-state index in [0.29, 0.717) is 20.9 Å². The molecule has 0 saturated heterocycles. The number of hydrogen-bond acceptors (Lipinski definition) is 2. The second-order valence-corrected chi connectivity index (χ2v) is 4.51. The summed E-state index contributed by atoms with van der Waals surface area (Å²) in [7, 11) is 0. The Kier molecular flexibility index (Phi) is 3.94. The van der Waals surface area contributed by atoms with E-state index >= 15 is 0 Å². The number of thiocarbonyl (C=S) groups is 1. The molecular weight excluding hydrogens is 275 g/mol. The van der Waals surface area contributed by atoms with Crippen LogP contribution in [0.25, 0.3) is 0 Å². The predicted molar refractivity (Wildman–Crippen MR) is 76.0 cm³/mol. The maximum atomic E-state index is 5.98. The van der Waals surface area contributed by atoms with E-state index in [2.05, 4.69) is 10.3 Å². The highest BCUT2D eigenvalue weighted by Crippen LogP contribution is 2.24. The van der Waals surface area contributed by atoms with Gasteiger partial charge in [-0.1, -0.05) is 65.8 Å². The van der Waals surface area contributed by atoms with Crippen LogP contribution in [0.1, 0.15) is 5.56 Å². The smallest absolute Gasteiger partial charge is 0.131 e. The molecule has 0 saturated carbocycles. The van der Waals surface area contributed by atoms with Crippen LogP contribution in [0, 0.1) is 0 Å². The molecule has 0 fully saturated rings. The van der Waals surface area contributed by atoms with Gasteiger partial charge in [-0.25, -0.2) is 4.98 Å². The summed E-state index contributed by atoms with van der Waals surface area (Å²) in [6, 6.07) is 11.3. The summed E-state index contributed by atoms with van der Waals surface area (Å²) in [5, 5.41) is 3.89. The predicted octanol–water partition coefficient (Wildman–Crippen LogP) is 4.18. The monoisotopic (exact) mass is 282 g/mol. The molecule has 5 heteroatoms. The lowest BCUT2D eigenvalue weighted by Crippen LogP contribution is -2.10. The van der Waals surface area contributed by atoms with Crippen LogP contribution in [-0.2, 0) is 0 Å². The molecule has 0 aliphatic rings. The lowest BCUT2D eigenvalue weighted by Gasteiger charge is -2.09. The van der Waals surface area contributed by atoms with Crippen molar-refractivity contribution in [2.45, 2.75) is 0 Å². The van der Waals surface area contributed by atoms with E-state index in [1.165, 1.54) is 6.20 Å². The molecular formula is C12H8Cl2N2S. The van der Waals surface area contributed by atoms with Gasteiger partial charge in [0, 0.05) is 17.8 Å². The Bertz CT molecular complexity index is 543. The van der Waals surface area contributed by atoms with Crippen LogP contribution in [-0.4, -0.2) is 9.97 Å². The molecule has 0 radical (unpaired) electrons. The van der Waals surface area contributed by atoms with Crippen molar-refractivity contribution in [3.05, 3.63) is 58.3 Å². The Balaban J connectivity index is 2.22. The van der Waals surface area contributed by atoms with Gasteiger partial charge in [0.2, 0.25) is 0 Å². The minimum Gasteiger partial charge on any atom is -0.345 e. The van der Waals surface area contributed by atoms with Crippen molar-refractivity contribution < 1.29 is 0 Å². The van der Waals surface area contributed by atoms with Gasteiger partial charge in [-0.3, -0.25) is 0 Å². The van der Waals surface area contributed by atoms with Crippen molar-refractivity contribution in [2.75, 3.05) is 5.32 Å². The molecule has 1 aromatic heterocycles. The number of hydrogen-bond donors (Lipinski definition) is 1. The van der Waals surface area contributed by atoms with Gasteiger partial charge in [0.25, 0.3) is 0 Å². The first-order valence-corrected chi connectivity index (χ1v) is 6.00. The third-order valence-corrected chi connectivity index (χ3v) is 2.95. The molecule has 1 N–H and O–H groups in total. The van der Waals surface area contributed by atoms with Crippen molar-refractivity contribution in [1.82, 2.24) is 4.98 Å². The Hall–Kier alpha value is -1.16. The van der Waals surface area contributed by atoms with Crippen molar-refractivity contribution in [1.29, 1.82) is 0 Å². The molecule has 0 atom stereocenters. The number of rotatable bonds is 2. The Morgan fingerprint density at radius 1 is 1.18 bits per heavy atom. The SMILES string of the molecule is S=C(Nc1cc(Cl)ncc1Cl)c1ccccc1. The average molecular weight is 283 g/mol. The molecule has 0 amide bonds. The van der Waals surface area contributed by atoms with Crippen LogP contribution in [0.5, 0.6) is 0 Å². The van der Waals surface area contributed by atoms with Crippen LogP contribution in [0.3, 0.4) is 0 Å². The van der Waals surface area contributed by atoms with Crippen molar-refractivity contribution in [2.24, 2.45) is 0 Å². The number of aromatic nitrogens is 1. The van der Waals surface area contributed by atoms with Gasteiger partial charge >= 0.3 is 0 Å². The van der Waals surface area contributed by atoms with Crippen LogP contribution in [0.15, 0.2) is 42.6 Å². The molecule has 2 rings (SSSR count). The highest BCUT2D eigenvalue weighted by atomic mass is 35.5. The molecule has 17 heavy (non-hydrogen) atoms. The molecule has 1 aromatic carbocycles. The fourth-order valence-electron chi connectivity index (χ4n) is 1.29. The fraction of sp³-hybridized carbons (Fsp3) is 0. The van der Waals surface area contributed by atoms with E-state index in [9.17, 15) is 0 Å². The van der Waals surface area contributed by atoms with Gasteiger partial charge < -0.3 is 5.32 Å². The van der Waals surface area contributed by atoms with Gasteiger partial charge in [0.05, 0.1) is 10.7 Å². The summed E-state index contributed by atoms with van der Waals surface area (Å²) in [6.45, 7) is 0. The second kappa shape index (κ2) is 5.45. The van der Waals surface area contributed by atoms with E-state index in [-0.39, 0.29) is 0 Å². The van der Waals surface area contributed by atoms with Crippen LogP contribution < -0.4 is 5.32 Å². The third-order valence-electron chi connectivity index (χ3n) is 2.11. The van der Waals surface area contributed by atoms with Gasteiger partial charge in [-0.2, -0.15) is 0 Å². The summed E-state index contributed by atoms with van der Waals surface area (Å²) < 4.78 is 0. The number of halogens is 2. The van der Waals surface area contributed by atoms with Crippen molar-refractivity contribution in [3.8, 4) is 0 Å². The van der Waals surface area contributed by atoms with Crippen molar-refractivity contribution in [3.63, 3.8) is 0 Å². The Morgan fingerprint density at radius 2 is 1.88 bits per heavy atom. The van der Waals surface area contributed by atoms with E-state index in [4.69, 9.17) is 35.4 Å². The first kappa shape index (κ1) is 12.3. The van der Waals surface area contributed by atoms with E-state index in [1.807, 2.05) is 30.3 Å². The van der Waals surface area contributed by atoms with Crippen molar-refractivity contribution >= 4 is 46.1 Å². The first-order chi connectivity index (χ1) is 8.16. The van der Waals surface area contributed by atoms with Crippen LogP contribution in [0.2, 0.25) is 10.2 Å². The summed E-state index contributed by atoms with van der Waals surface area (Å²) >= 11 is 17.0. The summed E-state index contributed by atoms with van der Waals surface area (Å²) in [4.78, 5) is 4.46. The number of pyridine rings is 1. The number of benzene rings is 1. The number of nitrogens with zero attached hydrogens (tertiary/aromatic N) is 1. The van der Waals surface area contributed by atoms with E-state index in [1.54, 1.807) is 6.07 Å². The zero-order chi connectivity index (χ0) is 12.3. The van der Waals surface area contributed by atoms with E-state index in [0.717, 1.165) is 5.56 Å². The number of anilines is 1. The Morgan fingerprint density at radius 3 is 2.59 bits per heavy atom. The molecule has 0 aliphatic heterocycles. The topological polar surface area (TPSA) is 24.9 Å². The molecule has 2 nitrogen and oxygen atoms in total. The maximum absolute atomic E-state index is 5.98. The second-order valence-electron chi connectivity index (χ2n) is 3.31. The van der Waals surface area contributed by atoms with Gasteiger partial charge in [-0.05, 0) is 0 Å². The lowest BCUT2D eigenvalue weighted by molar-refractivity contribution is 1.33. The quantitative estimate of drug-likeness (QED) is 0.661. The highest BCUT2D eigenvalue weighted by molar-refractivity contribution is 7.81. The number of nitrogens with one attached hydrogen (secondary N) is 1. The molecule has 0 aliphatic carbocycles. The summed E-state index contributed by atoms with van der Waals surface area (Å²) in [6.07, 6.45) is 1.49. The largest absolute Gasteiger partial charge is 0.345 e. The van der Waals surface area contributed by atoms with E-state index < -0.39 is 0 Å². The summed E-state index contributed by atoms with van der Waals surface area (Å²) in [5.74, 6) is 0. The third kappa shape index (κ3) is 3.16. The standard InChI is InChI=1S/C12H8Cl2N2S/c13-9-7-15-11(14)6-10(9)16-12(17)8-4-2-1-3-5-8/h1-7H,(H,15,16,17). The molecule has 0 spiro atoms. The Labute approximate surface area is 115 Å². The molecule has 0 bridgehead atoms. The van der Waals surface area contributed by atoms with Crippen LogP contribution in [0.4, 0.5) is 5.69 Å². The minimum absolute atomic E-state index is 0.368. The molecule has 0 unspecified atom stereocenters. The highest BCUT2D eigenvalue weighted by Gasteiger charge is 2.05. The molecule has 1 heterocycles. The molecule has 86 valence electrons. The fourth-order valence-corrected chi connectivity index (χ4v) is 1.85. The zero-order valence-corrected chi connectivity index (χ0v) is 11.0. The van der Waals surface area contributed by atoms with Gasteiger partial charge in [-0.15, -0.1) is 0 Å².